The van der Waals surface area contributed by atoms with E-state index in [0.717, 1.165) is 0 Å². The number of halogens is 1. The zero-order chi connectivity index (χ0) is 11.7. The van der Waals surface area contributed by atoms with Crippen LogP contribution >= 0.6 is 11.6 Å². The van der Waals surface area contributed by atoms with Gasteiger partial charge in [0.25, 0.3) is 0 Å². The number of hydrogen-bond donors (Lipinski definition) is 0. The molecule has 4 nitrogen and oxygen atoms in total. The molecule has 0 saturated carbocycles. The van der Waals surface area contributed by atoms with Crippen molar-refractivity contribution in [3.63, 3.8) is 0 Å². The van der Waals surface area contributed by atoms with Gasteiger partial charge in [-0.25, -0.2) is 4.79 Å². The molecule has 1 aromatic heterocycles. The second kappa shape index (κ2) is 4.06. The normalized spacial score (nSPS) is 14.0. The van der Waals surface area contributed by atoms with E-state index in [1.54, 1.807) is 19.1 Å². The van der Waals surface area contributed by atoms with Crippen LogP contribution in [0.25, 0.3) is 5.03 Å². The molecule has 0 radical (unpaired) electrons. The van der Waals surface area contributed by atoms with Crippen LogP contribution in [0.3, 0.4) is 0 Å². The molecule has 16 heavy (non-hydrogen) atoms. The highest BCUT2D eigenvalue weighted by Crippen LogP contribution is 2.34. The first kappa shape index (κ1) is 10.8. The number of ketones is 1. The predicted octanol–water partition coefficient (Wildman–Crippen LogP) is 1.79. The minimum atomic E-state index is -0.699. The van der Waals surface area contributed by atoms with Crippen molar-refractivity contribution in [3.8, 4) is 0 Å². The van der Waals surface area contributed by atoms with E-state index in [-0.39, 0.29) is 22.9 Å². The lowest BCUT2D eigenvalue weighted by atomic mass is 10.2. The summed E-state index contributed by atoms with van der Waals surface area (Å²) in [6.45, 7) is 1.86. The Labute approximate surface area is 96.9 Å². The minimum absolute atomic E-state index is 0.117. The summed E-state index contributed by atoms with van der Waals surface area (Å²) in [6.07, 6.45) is 1.48. The maximum atomic E-state index is 11.8. The van der Waals surface area contributed by atoms with Gasteiger partial charge >= 0.3 is 5.97 Å². The van der Waals surface area contributed by atoms with Crippen LogP contribution < -0.4 is 0 Å². The molecule has 0 N–H and O–H groups in total. The lowest BCUT2D eigenvalue weighted by molar-refractivity contribution is -0.137. The van der Waals surface area contributed by atoms with Crippen molar-refractivity contribution in [2.45, 2.75) is 6.92 Å². The summed E-state index contributed by atoms with van der Waals surface area (Å²) in [5.74, 6) is -1.17. The summed E-state index contributed by atoms with van der Waals surface area (Å²) in [6, 6.07) is 3.30. The van der Waals surface area contributed by atoms with Gasteiger partial charge in [-0.2, -0.15) is 0 Å². The van der Waals surface area contributed by atoms with Crippen molar-refractivity contribution in [2.24, 2.45) is 0 Å². The van der Waals surface area contributed by atoms with E-state index >= 15 is 0 Å². The van der Waals surface area contributed by atoms with Gasteiger partial charge in [0, 0.05) is 11.8 Å². The van der Waals surface area contributed by atoms with E-state index in [1.807, 2.05) is 0 Å². The summed E-state index contributed by atoms with van der Waals surface area (Å²) in [7, 11) is 0. The number of nitrogens with zero attached hydrogens (tertiary/aromatic N) is 1. The average Bonchev–Trinajstić information content (AvgIpc) is 2.53. The zero-order valence-corrected chi connectivity index (χ0v) is 9.25. The molecule has 1 aliphatic carbocycles. The Balaban J connectivity index is 2.48. The van der Waals surface area contributed by atoms with Gasteiger partial charge in [0.1, 0.15) is 11.3 Å². The third-order valence-electron chi connectivity index (χ3n) is 2.19. The van der Waals surface area contributed by atoms with E-state index in [2.05, 4.69) is 4.98 Å². The van der Waals surface area contributed by atoms with E-state index in [1.165, 1.54) is 6.20 Å². The van der Waals surface area contributed by atoms with E-state index in [0.29, 0.717) is 5.56 Å². The number of pyridine rings is 1. The number of Topliss-reactive ketones (excluding diaryl/α,β-unsaturated/α-hetero) is 1. The predicted molar refractivity (Wildman–Crippen MR) is 58.0 cm³/mol. The lowest BCUT2D eigenvalue weighted by Crippen LogP contribution is -2.14. The highest BCUT2D eigenvalue weighted by molar-refractivity contribution is 6.57. The standard InChI is InChI=1S/C11H8ClNO3/c1-2-16-11(15)7-8(12)6-4-3-5-13-9(6)10(7)14/h3-5H,2H2,1H3. The van der Waals surface area contributed by atoms with Gasteiger partial charge < -0.3 is 4.74 Å². The fourth-order valence-corrected chi connectivity index (χ4v) is 1.82. The molecule has 0 amide bonds. The largest absolute Gasteiger partial charge is 0.462 e. The van der Waals surface area contributed by atoms with Crippen molar-refractivity contribution >= 4 is 28.4 Å². The Morgan fingerprint density at radius 1 is 1.56 bits per heavy atom. The van der Waals surface area contributed by atoms with Crippen molar-refractivity contribution < 1.29 is 14.3 Å². The highest BCUT2D eigenvalue weighted by atomic mass is 35.5. The summed E-state index contributed by atoms with van der Waals surface area (Å²) < 4.78 is 4.77. The maximum Gasteiger partial charge on any atom is 0.343 e. The van der Waals surface area contributed by atoms with Crippen LogP contribution in [-0.2, 0) is 9.53 Å². The molecule has 1 heterocycles. The van der Waals surface area contributed by atoms with E-state index < -0.39 is 11.8 Å². The molecule has 82 valence electrons. The average molecular weight is 238 g/mol. The van der Waals surface area contributed by atoms with Gasteiger partial charge in [0.15, 0.2) is 0 Å². The molecule has 0 saturated heterocycles. The second-order valence-corrected chi connectivity index (χ2v) is 3.52. The van der Waals surface area contributed by atoms with Crippen molar-refractivity contribution in [1.82, 2.24) is 4.98 Å². The third kappa shape index (κ3) is 1.51. The first-order chi connectivity index (χ1) is 7.66. The van der Waals surface area contributed by atoms with Crippen LogP contribution in [-0.4, -0.2) is 23.3 Å². The van der Waals surface area contributed by atoms with Crippen LogP contribution in [0.2, 0.25) is 0 Å². The molecule has 0 unspecified atom stereocenters. The van der Waals surface area contributed by atoms with Crippen LogP contribution in [0.5, 0.6) is 0 Å². The zero-order valence-electron chi connectivity index (χ0n) is 8.49. The molecule has 0 aliphatic heterocycles. The monoisotopic (exact) mass is 237 g/mol. The number of carbonyl (C=O) groups is 2. The molecule has 1 aromatic rings. The number of ether oxygens (including phenoxy) is 1. The molecule has 5 heteroatoms. The molecule has 1 aliphatic rings. The van der Waals surface area contributed by atoms with Crippen LogP contribution in [0.15, 0.2) is 23.9 Å². The van der Waals surface area contributed by atoms with Gasteiger partial charge in [-0.1, -0.05) is 11.6 Å². The van der Waals surface area contributed by atoms with Gasteiger partial charge in [-0.3, -0.25) is 9.78 Å². The van der Waals surface area contributed by atoms with Gasteiger partial charge in [0.05, 0.1) is 11.6 Å². The molecule has 0 atom stereocenters. The first-order valence-electron chi connectivity index (χ1n) is 4.73. The Bertz CT molecular complexity index is 508. The SMILES string of the molecule is CCOC(=O)C1=C(Cl)c2cccnc2C1=O. The van der Waals surface area contributed by atoms with E-state index in [4.69, 9.17) is 16.3 Å². The van der Waals surface area contributed by atoms with Gasteiger partial charge in [-0.05, 0) is 19.1 Å². The number of fused-ring (bicyclic) bond motifs is 1. The summed E-state index contributed by atoms with van der Waals surface area (Å²) in [4.78, 5) is 27.2. The number of esters is 1. The Hall–Kier alpha value is -1.68. The summed E-state index contributed by atoms with van der Waals surface area (Å²) >= 11 is 5.95. The summed E-state index contributed by atoms with van der Waals surface area (Å²) in [5.41, 5.74) is 0.560. The fourth-order valence-electron chi connectivity index (χ4n) is 1.50. The second-order valence-electron chi connectivity index (χ2n) is 3.14. The van der Waals surface area contributed by atoms with Crippen molar-refractivity contribution in [1.29, 1.82) is 0 Å². The Morgan fingerprint density at radius 3 is 2.94 bits per heavy atom. The quantitative estimate of drug-likeness (QED) is 0.581. The number of hydrogen-bond acceptors (Lipinski definition) is 4. The maximum absolute atomic E-state index is 11.8. The van der Waals surface area contributed by atoms with Crippen LogP contribution in [0, 0.1) is 0 Å². The smallest absolute Gasteiger partial charge is 0.343 e. The minimum Gasteiger partial charge on any atom is -0.462 e. The lowest BCUT2D eigenvalue weighted by Gasteiger charge is -2.00. The molecule has 2 rings (SSSR count). The van der Waals surface area contributed by atoms with Gasteiger partial charge in [-0.15, -0.1) is 0 Å². The Kier molecular flexibility index (Phi) is 2.75. The topological polar surface area (TPSA) is 56.3 Å². The summed E-state index contributed by atoms with van der Waals surface area (Å²) in [5, 5.41) is 0.117. The number of carbonyl (C=O) groups excluding carboxylic acids is 2. The third-order valence-corrected chi connectivity index (χ3v) is 2.58. The number of aromatic nitrogens is 1. The Morgan fingerprint density at radius 2 is 2.31 bits per heavy atom. The molecule has 0 fully saturated rings. The molecule has 0 spiro atoms. The van der Waals surface area contributed by atoms with Crippen LogP contribution in [0.4, 0.5) is 0 Å². The molecular formula is C11H8ClNO3. The highest BCUT2D eigenvalue weighted by Gasteiger charge is 2.35. The molecule has 0 aromatic carbocycles. The van der Waals surface area contributed by atoms with Crippen molar-refractivity contribution in [3.05, 3.63) is 35.2 Å². The van der Waals surface area contributed by atoms with Gasteiger partial charge in [0.2, 0.25) is 5.78 Å². The molecular weight excluding hydrogens is 230 g/mol. The van der Waals surface area contributed by atoms with E-state index in [9.17, 15) is 9.59 Å². The number of rotatable bonds is 2. The fraction of sp³-hybridized carbons (Fsp3) is 0.182. The first-order valence-corrected chi connectivity index (χ1v) is 5.11. The van der Waals surface area contributed by atoms with Crippen LogP contribution in [0.1, 0.15) is 23.0 Å². The molecule has 0 bridgehead atoms. The van der Waals surface area contributed by atoms with Crippen molar-refractivity contribution in [2.75, 3.05) is 6.61 Å².